The normalized spacial score (nSPS) is 13.7. The molecule has 0 atom stereocenters. The molecule has 0 unspecified atom stereocenters. The van der Waals surface area contributed by atoms with E-state index in [0.29, 0.717) is 24.4 Å². The number of anilines is 1. The summed E-state index contributed by atoms with van der Waals surface area (Å²) in [5, 5.41) is 5.32. The van der Waals surface area contributed by atoms with E-state index in [4.69, 9.17) is 11.6 Å². The molecule has 1 aromatic rings. The first-order valence-electron chi connectivity index (χ1n) is 4.97. The summed E-state index contributed by atoms with van der Waals surface area (Å²) < 4.78 is 0. The maximum atomic E-state index is 11.6. The van der Waals surface area contributed by atoms with Gasteiger partial charge in [-0.2, -0.15) is 0 Å². The van der Waals surface area contributed by atoms with Crippen LogP contribution in [0.5, 0.6) is 0 Å². The lowest BCUT2D eigenvalue weighted by Crippen LogP contribution is -2.33. The van der Waals surface area contributed by atoms with E-state index in [9.17, 15) is 9.59 Å². The largest absolute Gasteiger partial charge is 0.334 e. The zero-order valence-electron chi connectivity index (χ0n) is 8.55. The fourth-order valence-corrected chi connectivity index (χ4v) is 1.78. The van der Waals surface area contributed by atoms with Crippen LogP contribution in [-0.4, -0.2) is 17.7 Å². The minimum absolute atomic E-state index is 0.0229. The standard InChI is InChI=1S/C11H11ClN2O2/c12-4-3-10(15)7-1-2-9-8(5-7)6-13-11(16)14-9/h1-2,5H,3-4,6H2,(H2,13,14,16). The summed E-state index contributed by atoms with van der Waals surface area (Å²) in [7, 11) is 0. The molecule has 0 radical (unpaired) electrons. The van der Waals surface area contributed by atoms with Gasteiger partial charge < -0.3 is 10.6 Å². The zero-order valence-corrected chi connectivity index (χ0v) is 9.30. The first kappa shape index (κ1) is 11.0. The van der Waals surface area contributed by atoms with Crippen LogP contribution >= 0.6 is 11.6 Å². The van der Waals surface area contributed by atoms with Crippen LogP contribution in [0.2, 0.25) is 0 Å². The van der Waals surface area contributed by atoms with Crippen LogP contribution in [0.15, 0.2) is 18.2 Å². The lowest BCUT2D eigenvalue weighted by molar-refractivity contribution is 0.0989. The number of carbonyl (C=O) groups is 2. The van der Waals surface area contributed by atoms with Crippen molar-refractivity contribution in [1.82, 2.24) is 5.32 Å². The number of Topliss-reactive ketones (excluding diaryl/α,β-unsaturated/α-hetero) is 1. The van der Waals surface area contributed by atoms with Gasteiger partial charge in [0.1, 0.15) is 0 Å². The van der Waals surface area contributed by atoms with Gasteiger partial charge in [-0.05, 0) is 23.8 Å². The van der Waals surface area contributed by atoms with Crippen molar-refractivity contribution >= 4 is 29.1 Å². The van der Waals surface area contributed by atoms with Crippen molar-refractivity contribution < 1.29 is 9.59 Å². The maximum Gasteiger partial charge on any atom is 0.319 e. The Kier molecular flexibility index (Phi) is 3.10. The summed E-state index contributed by atoms with van der Waals surface area (Å²) in [6, 6.07) is 5.03. The molecular formula is C11H11ClN2O2. The third-order valence-corrected chi connectivity index (χ3v) is 2.63. The average molecular weight is 239 g/mol. The minimum atomic E-state index is -0.215. The molecule has 0 aliphatic carbocycles. The molecule has 1 aliphatic heterocycles. The number of halogens is 1. The number of alkyl halides is 1. The quantitative estimate of drug-likeness (QED) is 0.626. The van der Waals surface area contributed by atoms with E-state index in [1.165, 1.54) is 0 Å². The number of urea groups is 1. The Balaban J connectivity index is 2.26. The van der Waals surface area contributed by atoms with Gasteiger partial charge in [0, 0.05) is 30.1 Å². The van der Waals surface area contributed by atoms with Crippen molar-refractivity contribution in [3.8, 4) is 0 Å². The van der Waals surface area contributed by atoms with E-state index in [2.05, 4.69) is 10.6 Å². The van der Waals surface area contributed by atoms with Crippen LogP contribution in [0, 0.1) is 0 Å². The summed E-state index contributed by atoms with van der Waals surface area (Å²) in [5.41, 5.74) is 2.31. The summed E-state index contributed by atoms with van der Waals surface area (Å²) in [6.45, 7) is 0.448. The molecule has 0 saturated carbocycles. The van der Waals surface area contributed by atoms with Gasteiger partial charge in [-0.3, -0.25) is 4.79 Å². The van der Waals surface area contributed by atoms with Crippen molar-refractivity contribution in [3.63, 3.8) is 0 Å². The summed E-state index contributed by atoms with van der Waals surface area (Å²) >= 11 is 5.52. The lowest BCUT2D eigenvalue weighted by atomic mass is 10.0. The topological polar surface area (TPSA) is 58.2 Å². The highest BCUT2D eigenvalue weighted by molar-refractivity contribution is 6.19. The van der Waals surface area contributed by atoms with Crippen LogP contribution < -0.4 is 10.6 Å². The van der Waals surface area contributed by atoms with Crippen molar-refractivity contribution in [1.29, 1.82) is 0 Å². The third-order valence-electron chi connectivity index (χ3n) is 2.44. The second kappa shape index (κ2) is 4.53. The first-order chi connectivity index (χ1) is 7.70. The predicted molar refractivity (Wildman–Crippen MR) is 62.0 cm³/mol. The van der Waals surface area contributed by atoms with Crippen molar-refractivity contribution in [2.75, 3.05) is 11.2 Å². The third kappa shape index (κ3) is 2.17. The van der Waals surface area contributed by atoms with Crippen molar-refractivity contribution in [2.45, 2.75) is 13.0 Å². The second-order valence-corrected chi connectivity index (χ2v) is 3.92. The van der Waals surface area contributed by atoms with Gasteiger partial charge in [0.05, 0.1) is 0 Å². The van der Waals surface area contributed by atoms with E-state index in [1.807, 2.05) is 0 Å². The minimum Gasteiger partial charge on any atom is -0.334 e. The number of nitrogens with one attached hydrogen (secondary N) is 2. The number of ketones is 1. The van der Waals surface area contributed by atoms with E-state index < -0.39 is 0 Å². The second-order valence-electron chi connectivity index (χ2n) is 3.54. The number of carbonyl (C=O) groups excluding carboxylic acids is 2. The Labute approximate surface area is 98.0 Å². The van der Waals surface area contributed by atoms with E-state index >= 15 is 0 Å². The summed E-state index contributed by atoms with van der Waals surface area (Å²) in [6.07, 6.45) is 0.333. The van der Waals surface area contributed by atoms with Gasteiger partial charge in [0.2, 0.25) is 0 Å². The number of hydrogen-bond donors (Lipinski definition) is 2. The smallest absolute Gasteiger partial charge is 0.319 e. The van der Waals surface area contributed by atoms with Crippen LogP contribution in [0.1, 0.15) is 22.3 Å². The number of hydrogen-bond acceptors (Lipinski definition) is 2. The Bertz CT molecular complexity index is 446. The van der Waals surface area contributed by atoms with E-state index in [-0.39, 0.29) is 11.8 Å². The molecule has 2 rings (SSSR count). The van der Waals surface area contributed by atoms with Gasteiger partial charge >= 0.3 is 6.03 Å². The van der Waals surface area contributed by atoms with E-state index in [1.54, 1.807) is 18.2 Å². The fourth-order valence-electron chi connectivity index (χ4n) is 1.61. The number of benzene rings is 1. The molecule has 16 heavy (non-hydrogen) atoms. The molecular weight excluding hydrogens is 228 g/mol. The molecule has 0 bridgehead atoms. The molecule has 0 fully saturated rings. The molecule has 2 amide bonds. The van der Waals surface area contributed by atoms with Crippen LogP contribution in [0.4, 0.5) is 10.5 Å². The highest BCUT2D eigenvalue weighted by Crippen LogP contribution is 2.21. The average Bonchev–Trinajstić information content (AvgIpc) is 2.28. The Morgan fingerprint density at radius 2 is 2.25 bits per heavy atom. The molecule has 1 aliphatic rings. The van der Waals surface area contributed by atoms with Crippen molar-refractivity contribution in [3.05, 3.63) is 29.3 Å². The highest BCUT2D eigenvalue weighted by Gasteiger charge is 2.15. The van der Waals surface area contributed by atoms with Crippen LogP contribution in [0.25, 0.3) is 0 Å². The van der Waals surface area contributed by atoms with Gasteiger partial charge in [-0.25, -0.2) is 4.79 Å². The first-order valence-corrected chi connectivity index (χ1v) is 5.51. The van der Waals surface area contributed by atoms with Crippen LogP contribution in [0.3, 0.4) is 0 Å². The molecule has 0 spiro atoms. The highest BCUT2D eigenvalue weighted by atomic mass is 35.5. The molecule has 2 N–H and O–H groups in total. The maximum absolute atomic E-state index is 11.6. The SMILES string of the molecule is O=C1NCc2cc(C(=O)CCCl)ccc2N1. The van der Waals surface area contributed by atoms with Gasteiger partial charge in [-0.1, -0.05) is 0 Å². The summed E-state index contributed by atoms with van der Waals surface area (Å²) in [4.78, 5) is 22.6. The Morgan fingerprint density at radius 1 is 1.44 bits per heavy atom. The lowest BCUT2D eigenvalue weighted by Gasteiger charge is -2.18. The van der Waals surface area contributed by atoms with Gasteiger partial charge in [0.15, 0.2) is 5.78 Å². The molecule has 0 saturated heterocycles. The van der Waals surface area contributed by atoms with Crippen molar-refractivity contribution in [2.24, 2.45) is 0 Å². The number of amides is 2. The fraction of sp³-hybridized carbons (Fsp3) is 0.273. The van der Waals surface area contributed by atoms with Crippen LogP contribution in [-0.2, 0) is 6.54 Å². The van der Waals surface area contributed by atoms with E-state index in [0.717, 1.165) is 11.3 Å². The molecule has 1 heterocycles. The monoisotopic (exact) mass is 238 g/mol. The molecule has 5 heteroatoms. The Morgan fingerprint density at radius 3 is 3.00 bits per heavy atom. The molecule has 84 valence electrons. The molecule has 4 nitrogen and oxygen atoms in total. The number of fused-ring (bicyclic) bond motifs is 1. The summed E-state index contributed by atoms with van der Waals surface area (Å²) in [5.74, 6) is 0.347. The predicted octanol–water partition coefficient (Wildman–Crippen LogP) is 2.13. The Hall–Kier alpha value is -1.55. The molecule has 0 aromatic heterocycles. The number of rotatable bonds is 3. The van der Waals surface area contributed by atoms with Gasteiger partial charge in [-0.15, -0.1) is 11.6 Å². The molecule has 1 aromatic carbocycles. The zero-order chi connectivity index (χ0) is 11.5. The van der Waals surface area contributed by atoms with Gasteiger partial charge in [0.25, 0.3) is 0 Å².